The molecule has 0 saturated carbocycles. The lowest BCUT2D eigenvalue weighted by Gasteiger charge is -2.16. The Labute approximate surface area is 132 Å². The molecule has 0 bridgehead atoms. The molecule has 0 spiro atoms. The molecular formula is C18H16N2O3. The molecule has 116 valence electrons. The van der Waals surface area contributed by atoms with Crippen LogP contribution in [0.2, 0.25) is 0 Å². The number of carbonyl (C=O) groups is 1. The van der Waals surface area contributed by atoms with Crippen LogP contribution in [0.3, 0.4) is 0 Å². The van der Waals surface area contributed by atoms with Gasteiger partial charge in [0.05, 0.1) is 5.52 Å². The van der Waals surface area contributed by atoms with Gasteiger partial charge in [-0.1, -0.05) is 24.3 Å². The van der Waals surface area contributed by atoms with E-state index in [2.05, 4.69) is 4.98 Å². The molecule has 5 heteroatoms. The maximum Gasteiger partial charge on any atom is 0.417 e. The number of nitrogens with zero attached hydrogens (tertiary/aromatic N) is 1. The molecule has 4 rings (SSSR count). The van der Waals surface area contributed by atoms with Crippen molar-refractivity contribution in [2.24, 2.45) is 5.92 Å². The van der Waals surface area contributed by atoms with Crippen LogP contribution in [0.15, 0.2) is 57.7 Å². The number of para-hydroxylation sites is 1. The summed E-state index contributed by atoms with van der Waals surface area (Å²) in [4.78, 5) is 28.0. The molecule has 2 aromatic carbocycles. The van der Waals surface area contributed by atoms with Crippen LogP contribution in [0.1, 0.15) is 12.0 Å². The van der Waals surface area contributed by atoms with Gasteiger partial charge < -0.3 is 9.32 Å². The van der Waals surface area contributed by atoms with Crippen molar-refractivity contribution in [1.82, 2.24) is 4.98 Å². The van der Waals surface area contributed by atoms with Gasteiger partial charge in [0.25, 0.3) is 0 Å². The van der Waals surface area contributed by atoms with Crippen LogP contribution >= 0.6 is 0 Å². The first kappa shape index (κ1) is 13.8. The second-order valence-corrected chi connectivity index (χ2v) is 5.96. The lowest BCUT2D eigenvalue weighted by molar-refractivity contribution is -0.117. The molecule has 1 aromatic heterocycles. The zero-order valence-corrected chi connectivity index (χ0v) is 12.5. The van der Waals surface area contributed by atoms with E-state index in [1.165, 1.54) is 0 Å². The SMILES string of the molecule is O=C1CC(Cc2ccc3oc(=O)[nH]c3c2)CN1c1ccccc1. The van der Waals surface area contributed by atoms with Crippen molar-refractivity contribution in [1.29, 1.82) is 0 Å². The first-order valence-electron chi connectivity index (χ1n) is 7.66. The van der Waals surface area contributed by atoms with Gasteiger partial charge in [0.15, 0.2) is 5.58 Å². The van der Waals surface area contributed by atoms with E-state index in [0.29, 0.717) is 17.5 Å². The molecule has 2 heterocycles. The summed E-state index contributed by atoms with van der Waals surface area (Å²) in [6.07, 6.45) is 1.35. The van der Waals surface area contributed by atoms with Gasteiger partial charge in [-0.05, 0) is 42.2 Å². The van der Waals surface area contributed by atoms with Crippen LogP contribution in [0.5, 0.6) is 0 Å². The van der Waals surface area contributed by atoms with Crippen molar-refractivity contribution < 1.29 is 9.21 Å². The summed E-state index contributed by atoms with van der Waals surface area (Å²) in [5, 5.41) is 0. The molecule has 1 N–H and O–H groups in total. The third-order valence-electron chi connectivity index (χ3n) is 4.28. The number of oxazole rings is 1. The second-order valence-electron chi connectivity index (χ2n) is 5.96. The number of hydrogen-bond acceptors (Lipinski definition) is 3. The van der Waals surface area contributed by atoms with Crippen molar-refractivity contribution >= 4 is 22.7 Å². The molecule has 1 saturated heterocycles. The Morgan fingerprint density at radius 2 is 1.96 bits per heavy atom. The topological polar surface area (TPSA) is 66.3 Å². The van der Waals surface area contributed by atoms with Crippen molar-refractivity contribution in [3.05, 3.63) is 64.6 Å². The summed E-state index contributed by atoms with van der Waals surface area (Å²) in [5.74, 6) is 0.00113. The van der Waals surface area contributed by atoms with Gasteiger partial charge in [-0.2, -0.15) is 0 Å². The molecule has 1 amide bonds. The number of benzene rings is 2. The largest absolute Gasteiger partial charge is 0.417 e. The highest BCUT2D eigenvalue weighted by molar-refractivity contribution is 5.95. The minimum absolute atomic E-state index is 0.166. The first-order chi connectivity index (χ1) is 11.2. The molecular weight excluding hydrogens is 292 g/mol. The summed E-state index contributed by atoms with van der Waals surface area (Å²) in [6, 6.07) is 15.4. The number of aromatic amines is 1. The van der Waals surface area contributed by atoms with Gasteiger partial charge >= 0.3 is 5.76 Å². The minimum atomic E-state index is -0.441. The summed E-state index contributed by atoms with van der Waals surface area (Å²) >= 11 is 0. The summed E-state index contributed by atoms with van der Waals surface area (Å²) in [7, 11) is 0. The maximum absolute atomic E-state index is 12.3. The van der Waals surface area contributed by atoms with Crippen molar-refractivity contribution in [3.8, 4) is 0 Å². The monoisotopic (exact) mass is 308 g/mol. The summed E-state index contributed by atoms with van der Waals surface area (Å²) in [5.41, 5.74) is 3.32. The normalized spacial score (nSPS) is 18.0. The molecule has 1 atom stereocenters. The number of anilines is 1. The number of carbonyl (C=O) groups excluding carboxylic acids is 1. The van der Waals surface area contributed by atoms with Crippen LogP contribution in [0, 0.1) is 5.92 Å². The second kappa shape index (κ2) is 5.43. The van der Waals surface area contributed by atoms with E-state index in [-0.39, 0.29) is 11.8 Å². The van der Waals surface area contributed by atoms with E-state index in [4.69, 9.17) is 4.42 Å². The predicted octanol–water partition coefficient (Wildman–Crippen LogP) is 2.72. The highest BCUT2D eigenvalue weighted by atomic mass is 16.4. The smallest absolute Gasteiger partial charge is 0.408 e. The number of aromatic nitrogens is 1. The number of hydrogen-bond donors (Lipinski definition) is 1. The molecule has 1 fully saturated rings. The van der Waals surface area contributed by atoms with E-state index < -0.39 is 5.76 Å². The molecule has 23 heavy (non-hydrogen) atoms. The van der Waals surface area contributed by atoms with Gasteiger partial charge in [0.1, 0.15) is 0 Å². The van der Waals surface area contributed by atoms with E-state index in [1.807, 2.05) is 47.4 Å². The van der Waals surface area contributed by atoms with Gasteiger partial charge in [0.2, 0.25) is 5.91 Å². The lowest BCUT2D eigenvalue weighted by atomic mass is 9.98. The average Bonchev–Trinajstić information content (AvgIpc) is 3.09. The standard InChI is InChI=1S/C18H16N2O3/c21-17-10-13(11-20(17)14-4-2-1-3-5-14)8-12-6-7-16-15(9-12)19-18(22)23-16/h1-7,9,13H,8,10-11H2,(H,19,22). The Morgan fingerprint density at radius 3 is 2.78 bits per heavy atom. The quantitative estimate of drug-likeness (QED) is 0.809. The van der Waals surface area contributed by atoms with E-state index in [9.17, 15) is 9.59 Å². The maximum atomic E-state index is 12.3. The van der Waals surface area contributed by atoms with Crippen LogP contribution < -0.4 is 10.7 Å². The summed E-state index contributed by atoms with van der Waals surface area (Å²) in [6.45, 7) is 0.725. The zero-order chi connectivity index (χ0) is 15.8. The Kier molecular flexibility index (Phi) is 3.26. The number of rotatable bonds is 3. The molecule has 0 aliphatic carbocycles. The Balaban J connectivity index is 1.52. The molecule has 1 unspecified atom stereocenters. The Bertz CT molecular complexity index is 911. The van der Waals surface area contributed by atoms with E-state index in [0.717, 1.165) is 24.2 Å². The van der Waals surface area contributed by atoms with Crippen LogP contribution in [-0.4, -0.2) is 17.4 Å². The van der Waals surface area contributed by atoms with Crippen LogP contribution in [-0.2, 0) is 11.2 Å². The molecule has 5 nitrogen and oxygen atoms in total. The molecule has 1 aliphatic rings. The van der Waals surface area contributed by atoms with Crippen molar-refractivity contribution in [3.63, 3.8) is 0 Å². The van der Waals surface area contributed by atoms with Gasteiger partial charge in [0, 0.05) is 18.7 Å². The van der Waals surface area contributed by atoms with E-state index >= 15 is 0 Å². The average molecular weight is 308 g/mol. The lowest BCUT2D eigenvalue weighted by Crippen LogP contribution is -2.24. The van der Waals surface area contributed by atoms with Crippen LogP contribution in [0.4, 0.5) is 5.69 Å². The van der Waals surface area contributed by atoms with E-state index in [1.54, 1.807) is 6.07 Å². The van der Waals surface area contributed by atoms with Crippen molar-refractivity contribution in [2.75, 3.05) is 11.4 Å². The fourth-order valence-corrected chi connectivity index (χ4v) is 3.24. The number of H-pyrrole nitrogens is 1. The minimum Gasteiger partial charge on any atom is -0.408 e. The number of fused-ring (bicyclic) bond motifs is 1. The third-order valence-corrected chi connectivity index (χ3v) is 4.28. The van der Waals surface area contributed by atoms with Crippen LogP contribution in [0.25, 0.3) is 11.1 Å². The number of nitrogens with one attached hydrogen (secondary N) is 1. The van der Waals surface area contributed by atoms with Crippen molar-refractivity contribution in [2.45, 2.75) is 12.8 Å². The fourth-order valence-electron chi connectivity index (χ4n) is 3.24. The summed E-state index contributed by atoms with van der Waals surface area (Å²) < 4.78 is 5.01. The fraction of sp³-hybridized carbons (Fsp3) is 0.222. The van der Waals surface area contributed by atoms with Gasteiger partial charge in [-0.15, -0.1) is 0 Å². The first-order valence-corrected chi connectivity index (χ1v) is 7.66. The number of amides is 1. The molecule has 0 radical (unpaired) electrons. The van der Waals surface area contributed by atoms with Gasteiger partial charge in [-0.3, -0.25) is 9.78 Å². The predicted molar refractivity (Wildman–Crippen MR) is 87.4 cm³/mol. The Morgan fingerprint density at radius 1 is 1.13 bits per heavy atom. The third kappa shape index (κ3) is 2.65. The van der Waals surface area contributed by atoms with Gasteiger partial charge in [-0.25, -0.2) is 4.79 Å². The zero-order valence-electron chi connectivity index (χ0n) is 12.5. The molecule has 3 aromatic rings. The Hall–Kier alpha value is -2.82. The highest BCUT2D eigenvalue weighted by Gasteiger charge is 2.30. The molecule has 1 aliphatic heterocycles. The highest BCUT2D eigenvalue weighted by Crippen LogP contribution is 2.27.